The van der Waals surface area contributed by atoms with E-state index in [-0.39, 0.29) is 22.0 Å². The highest BCUT2D eigenvalue weighted by molar-refractivity contribution is 7.89. The van der Waals surface area contributed by atoms with E-state index in [0.717, 1.165) is 37.0 Å². The molecule has 0 radical (unpaired) electrons. The second-order valence-electron chi connectivity index (χ2n) is 7.89. The highest BCUT2D eigenvalue weighted by Crippen LogP contribution is 2.27. The molecule has 9 heteroatoms. The largest absolute Gasteiger partial charge is 0.497 e. The summed E-state index contributed by atoms with van der Waals surface area (Å²) in [5.74, 6) is 0.359. The molecule has 0 bridgehead atoms. The van der Waals surface area contributed by atoms with Crippen LogP contribution in [0.4, 0.5) is 5.69 Å². The van der Waals surface area contributed by atoms with E-state index in [4.69, 9.17) is 17.0 Å². The zero-order chi connectivity index (χ0) is 23.8. The van der Waals surface area contributed by atoms with Crippen LogP contribution in [0.2, 0.25) is 0 Å². The molecule has 2 N–H and O–H groups in total. The summed E-state index contributed by atoms with van der Waals surface area (Å²) in [5.41, 5.74) is 1.43. The van der Waals surface area contributed by atoms with Crippen LogP contribution in [0.25, 0.3) is 6.08 Å². The maximum absolute atomic E-state index is 12.9. The van der Waals surface area contributed by atoms with Gasteiger partial charge in [0, 0.05) is 24.9 Å². The van der Waals surface area contributed by atoms with Crippen LogP contribution in [0, 0.1) is 0 Å². The van der Waals surface area contributed by atoms with E-state index in [1.54, 1.807) is 56.6 Å². The zero-order valence-electron chi connectivity index (χ0n) is 18.8. The van der Waals surface area contributed by atoms with Crippen molar-refractivity contribution in [2.45, 2.75) is 43.0 Å². The number of methoxy groups -OCH3 is 1. The Hall–Kier alpha value is -2.75. The lowest BCUT2D eigenvalue weighted by atomic mass is 9.96. The van der Waals surface area contributed by atoms with Gasteiger partial charge in [-0.3, -0.25) is 10.1 Å². The Balaban J connectivity index is 1.54. The summed E-state index contributed by atoms with van der Waals surface area (Å²) >= 11 is 5.19. The van der Waals surface area contributed by atoms with E-state index in [0.29, 0.717) is 5.69 Å². The zero-order valence-corrected chi connectivity index (χ0v) is 20.4. The standard InChI is InChI=1S/C24H29N3O4S2/c1-27(20-6-4-3-5-7-20)33(29,30)22-15-11-19(12-16-22)25-24(32)26-23(28)17-10-18-8-13-21(31-2)14-9-18/h8-17,20H,3-7H2,1-2H3,(H2,25,26,28,32). The normalized spacial score (nSPS) is 14.9. The van der Waals surface area contributed by atoms with Crippen LogP contribution >= 0.6 is 12.2 Å². The first-order valence-electron chi connectivity index (χ1n) is 10.8. The average molecular weight is 488 g/mol. The van der Waals surface area contributed by atoms with Crippen LogP contribution in [0.1, 0.15) is 37.7 Å². The third-order valence-corrected chi connectivity index (χ3v) is 7.79. The predicted molar refractivity (Wildman–Crippen MR) is 135 cm³/mol. The Morgan fingerprint density at radius 2 is 1.70 bits per heavy atom. The fourth-order valence-corrected chi connectivity index (χ4v) is 5.35. The number of benzene rings is 2. The molecule has 0 unspecified atom stereocenters. The van der Waals surface area contributed by atoms with E-state index >= 15 is 0 Å². The van der Waals surface area contributed by atoms with Crippen LogP contribution in [0.3, 0.4) is 0 Å². The van der Waals surface area contributed by atoms with E-state index < -0.39 is 10.0 Å². The molecule has 1 saturated carbocycles. The van der Waals surface area contributed by atoms with Gasteiger partial charge < -0.3 is 10.1 Å². The maximum atomic E-state index is 12.9. The molecule has 0 atom stereocenters. The summed E-state index contributed by atoms with van der Waals surface area (Å²) in [6.45, 7) is 0. The second-order valence-corrected chi connectivity index (χ2v) is 10.3. The van der Waals surface area contributed by atoms with Gasteiger partial charge in [0.2, 0.25) is 15.9 Å². The first-order valence-corrected chi connectivity index (χ1v) is 12.7. The predicted octanol–water partition coefficient (Wildman–Crippen LogP) is 4.17. The van der Waals surface area contributed by atoms with Crippen LogP contribution in [0.5, 0.6) is 5.75 Å². The molecule has 1 fully saturated rings. The Morgan fingerprint density at radius 3 is 2.30 bits per heavy atom. The number of rotatable bonds is 7. The topological polar surface area (TPSA) is 87.7 Å². The summed E-state index contributed by atoms with van der Waals surface area (Å²) < 4.78 is 32.5. The van der Waals surface area contributed by atoms with Crippen molar-refractivity contribution in [1.82, 2.24) is 9.62 Å². The number of hydrogen-bond donors (Lipinski definition) is 2. The molecule has 1 amide bonds. The quantitative estimate of drug-likeness (QED) is 0.450. The minimum atomic E-state index is -3.56. The minimum Gasteiger partial charge on any atom is -0.497 e. The number of carbonyl (C=O) groups excluding carboxylic acids is 1. The molecule has 0 spiro atoms. The lowest BCUT2D eigenvalue weighted by molar-refractivity contribution is -0.115. The van der Waals surface area contributed by atoms with E-state index in [2.05, 4.69) is 10.6 Å². The Morgan fingerprint density at radius 1 is 1.06 bits per heavy atom. The van der Waals surface area contributed by atoms with Crippen molar-refractivity contribution in [1.29, 1.82) is 0 Å². The fraction of sp³-hybridized carbons (Fsp3) is 0.333. The number of amides is 1. The highest BCUT2D eigenvalue weighted by atomic mass is 32.2. The van der Waals surface area contributed by atoms with E-state index in [1.165, 1.54) is 16.8 Å². The van der Waals surface area contributed by atoms with Crippen LogP contribution in [0.15, 0.2) is 59.5 Å². The van der Waals surface area contributed by atoms with Crippen molar-refractivity contribution in [3.05, 3.63) is 60.2 Å². The van der Waals surface area contributed by atoms with Gasteiger partial charge in [0.1, 0.15) is 5.75 Å². The lowest BCUT2D eigenvalue weighted by Crippen LogP contribution is -2.38. The molecule has 7 nitrogen and oxygen atoms in total. The van der Waals surface area contributed by atoms with E-state index in [9.17, 15) is 13.2 Å². The molecular formula is C24H29N3O4S2. The summed E-state index contributed by atoms with van der Waals surface area (Å²) in [6.07, 6.45) is 8.13. The summed E-state index contributed by atoms with van der Waals surface area (Å²) in [4.78, 5) is 12.4. The minimum absolute atomic E-state index is 0.0512. The number of thiocarbonyl (C=S) groups is 1. The fourth-order valence-electron chi connectivity index (χ4n) is 3.72. The summed E-state index contributed by atoms with van der Waals surface area (Å²) in [7, 11) is -0.309. The number of anilines is 1. The highest BCUT2D eigenvalue weighted by Gasteiger charge is 2.28. The SMILES string of the molecule is COc1ccc(C=CC(=O)NC(=S)Nc2ccc(S(=O)(=O)N(C)C3CCCCC3)cc2)cc1. The van der Waals surface area contributed by atoms with Crippen molar-refractivity contribution < 1.29 is 17.9 Å². The number of nitrogens with zero attached hydrogens (tertiary/aromatic N) is 1. The first kappa shape index (κ1) is 24.9. The molecule has 2 aromatic rings. The van der Waals surface area contributed by atoms with Gasteiger partial charge in [-0.2, -0.15) is 4.31 Å². The number of nitrogens with one attached hydrogen (secondary N) is 2. The van der Waals surface area contributed by atoms with Crippen molar-refractivity contribution >= 4 is 45.0 Å². The Labute approximate surface area is 200 Å². The monoisotopic (exact) mass is 487 g/mol. The van der Waals surface area contributed by atoms with Gasteiger partial charge in [-0.1, -0.05) is 31.4 Å². The van der Waals surface area contributed by atoms with Gasteiger partial charge in [-0.05, 0) is 73.1 Å². The molecule has 1 aliphatic carbocycles. The van der Waals surface area contributed by atoms with Gasteiger partial charge in [-0.15, -0.1) is 0 Å². The van der Waals surface area contributed by atoms with Crippen molar-refractivity contribution in [2.75, 3.05) is 19.5 Å². The second kappa shape index (κ2) is 11.4. The Kier molecular flexibility index (Phi) is 8.60. The molecule has 0 aromatic heterocycles. The van der Waals surface area contributed by atoms with Gasteiger partial charge in [0.25, 0.3) is 0 Å². The average Bonchev–Trinajstić information content (AvgIpc) is 2.83. The van der Waals surface area contributed by atoms with E-state index in [1.807, 2.05) is 12.1 Å². The number of carbonyl (C=O) groups is 1. The molecule has 2 aromatic carbocycles. The molecular weight excluding hydrogens is 458 g/mol. The summed E-state index contributed by atoms with van der Waals surface area (Å²) in [6, 6.07) is 13.7. The molecule has 0 aliphatic heterocycles. The summed E-state index contributed by atoms with van der Waals surface area (Å²) in [5, 5.41) is 5.59. The lowest BCUT2D eigenvalue weighted by Gasteiger charge is -2.30. The number of sulfonamides is 1. The molecule has 176 valence electrons. The first-order chi connectivity index (χ1) is 15.8. The Bertz CT molecular complexity index is 1090. The van der Waals surface area contributed by atoms with Gasteiger partial charge in [-0.25, -0.2) is 8.42 Å². The van der Waals surface area contributed by atoms with Crippen LogP contribution in [-0.4, -0.2) is 43.9 Å². The van der Waals surface area contributed by atoms with Crippen LogP contribution < -0.4 is 15.4 Å². The van der Waals surface area contributed by atoms with Crippen molar-refractivity contribution in [2.24, 2.45) is 0 Å². The number of ether oxygens (including phenoxy) is 1. The molecule has 33 heavy (non-hydrogen) atoms. The molecule has 0 heterocycles. The van der Waals surface area contributed by atoms with Crippen molar-refractivity contribution in [3.63, 3.8) is 0 Å². The maximum Gasteiger partial charge on any atom is 0.250 e. The number of hydrogen-bond acceptors (Lipinski definition) is 5. The molecule has 0 saturated heterocycles. The molecule has 3 rings (SSSR count). The van der Waals surface area contributed by atoms with Gasteiger partial charge in [0.05, 0.1) is 12.0 Å². The van der Waals surface area contributed by atoms with Crippen molar-refractivity contribution in [3.8, 4) is 5.75 Å². The van der Waals surface area contributed by atoms with Gasteiger partial charge >= 0.3 is 0 Å². The third kappa shape index (κ3) is 6.86. The van der Waals surface area contributed by atoms with Gasteiger partial charge in [0.15, 0.2) is 5.11 Å². The smallest absolute Gasteiger partial charge is 0.250 e. The molecule has 1 aliphatic rings. The third-order valence-electron chi connectivity index (χ3n) is 5.66. The van der Waals surface area contributed by atoms with Crippen LogP contribution in [-0.2, 0) is 14.8 Å².